The average molecular weight is 474 g/mol. The molecule has 1 amide bonds. The van der Waals surface area contributed by atoms with E-state index in [1.165, 1.54) is 19.3 Å². The summed E-state index contributed by atoms with van der Waals surface area (Å²) in [7, 11) is 1.88. The van der Waals surface area contributed by atoms with Gasteiger partial charge >= 0.3 is 0 Å². The number of pyridine rings is 1. The first-order valence-electron chi connectivity index (χ1n) is 12.3. The van der Waals surface area contributed by atoms with Gasteiger partial charge in [0.05, 0.1) is 23.5 Å². The van der Waals surface area contributed by atoms with Gasteiger partial charge in [-0.2, -0.15) is 5.10 Å². The van der Waals surface area contributed by atoms with Gasteiger partial charge in [0.15, 0.2) is 5.82 Å². The number of hydrogen-bond acceptors (Lipinski definition) is 7. The number of ether oxygens (including phenoxy) is 1. The van der Waals surface area contributed by atoms with Crippen LogP contribution in [0.3, 0.4) is 0 Å². The van der Waals surface area contributed by atoms with Crippen LogP contribution in [0.15, 0.2) is 30.6 Å². The molecule has 0 radical (unpaired) electrons. The first-order valence-corrected chi connectivity index (χ1v) is 12.3. The number of nitrogens with zero attached hydrogens (tertiary/aromatic N) is 6. The SMILES string of the molecule is Cc1nn(C)cc1-c1cnc2c(c1)C(=O)N(c1ccc(OC3CC(C)(C)NC4(CCC4)C3)nn1)C2. The van der Waals surface area contributed by atoms with E-state index in [2.05, 4.69) is 39.4 Å². The Bertz CT molecular complexity index is 1290. The fourth-order valence-corrected chi connectivity index (χ4v) is 5.99. The number of amides is 1. The molecule has 0 aromatic carbocycles. The van der Waals surface area contributed by atoms with Crippen molar-refractivity contribution < 1.29 is 9.53 Å². The number of carbonyl (C=O) groups is 1. The van der Waals surface area contributed by atoms with Crippen LogP contribution in [-0.2, 0) is 13.6 Å². The predicted molar refractivity (Wildman–Crippen MR) is 131 cm³/mol. The van der Waals surface area contributed by atoms with Crippen molar-refractivity contribution in [3.63, 3.8) is 0 Å². The number of aromatic nitrogens is 5. The Labute approximate surface area is 204 Å². The number of piperidine rings is 1. The van der Waals surface area contributed by atoms with Crippen LogP contribution < -0.4 is 15.0 Å². The first kappa shape index (κ1) is 22.2. The monoisotopic (exact) mass is 473 g/mol. The maximum Gasteiger partial charge on any atom is 0.261 e. The van der Waals surface area contributed by atoms with Crippen molar-refractivity contribution in [3.8, 4) is 17.0 Å². The highest BCUT2D eigenvalue weighted by atomic mass is 16.5. The average Bonchev–Trinajstić information content (AvgIpc) is 3.30. The van der Waals surface area contributed by atoms with E-state index in [1.807, 2.05) is 38.4 Å². The zero-order chi connectivity index (χ0) is 24.4. The van der Waals surface area contributed by atoms with Crippen LogP contribution in [0.25, 0.3) is 11.1 Å². The number of hydrogen-bond donors (Lipinski definition) is 1. The predicted octanol–water partition coefficient (Wildman–Crippen LogP) is 3.57. The molecule has 1 N–H and O–H groups in total. The Balaban J connectivity index is 1.17. The number of aryl methyl sites for hydroxylation is 2. The van der Waals surface area contributed by atoms with Crippen molar-refractivity contribution in [3.05, 3.63) is 47.5 Å². The third kappa shape index (κ3) is 3.97. The highest BCUT2D eigenvalue weighted by Gasteiger charge is 2.47. The van der Waals surface area contributed by atoms with Gasteiger partial charge in [0.2, 0.25) is 5.88 Å². The summed E-state index contributed by atoms with van der Waals surface area (Å²) >= 11 is 0. The molecule has 1 atom stereocenters. The largest absolute Gasteiger partial charge is 0.473 e. The second-order valence-electron chi connectivity index (χ2n) is 10.9. The van der Waals surface area contributed by atoms with Crippen molar-refractivity contribution in [2.45, 2.75) is 76.6 Å². The number of anilines is 1. The Morgan fingerprint density at radius 3 is 2.63 bits per heavy atom. The van der Waals surface area contributed by atoms with Crippen molar-refractivity contribution in [1.29, 1.82) is 0 Å². The molecule has 1 saturated carbocycles. The van der Waals surface area contributed by atoms with Gasteiger partial charge in [-0.1, -0.05) is 0 Å². The number of fused-ring (bicyclic) bond motifs is 1. The van der Waals surface area contributed by atoms with Gasteiger partial charge < -0.3 is 10.1 Å². The van der Waals surface area contributed by atoms with Gasteiger partial charge in [-0.25, -0.2) is 0 Å². The molecular formula is C26H31N7O2. The lowest BCUT2D eigenvalue weighted by atomic mass is 9.67. The second kappa shape index (κ2) is 7.84. The molecule has 2 aliphatic heterocycles. The van der Waals surface area contributed by atoms with E-state index in [0.717, 1.165) is 35.4 Å². The molecule has 182 valence electrons. The Kier molecular flexibility index (Phi) is 4.96. The molecule has 1 aliphatic carbocycles. The summed E-state index contributed by atoms with van der Waals surface area (Å²) in [5.41, 5.74) is 4.33. The summed E-state index contributed by atoms with van der Waals surface area (Å²) in [5, 5.41) is 16.9. The minimum absolute atomic E-state index is 0.0324. The van der Waals surface area contributed by atoms with E-state index < -0.39 is 0 Å². The van der Waals surface area contributed by atoms with Crippen molar-refractivity contribution in [1.82, 2.24) is 30.3 Å². The lowest BCUT2D eigenvalue weighted by Gasteiger charge is -2.54. The fraction of sp³-hybridized carbons (Fsp3) is 0.500. The quantitative estimate of drug-likeness (QED) is 0.618. The Morgan fingerprint density at radius 2 is 1.97 bits per heavy atom. The van der Waals surface area contributed by atoms with Crippen LogP contribution in [0.4, 0.5) is 5.82 Å². The van der Waals surface area contributed by atoms with E-state index in [4.69, 9.17) is 4.74 Å². The molecule has 1 spiro atoms. The molecule has 3 aliphatic rings. The van der Waals surface area contributed by atoms with Crippen LogP contribution in [0, 0.1) is 6.92 Å². The molecule has 5 heterocycles. The van der Waals surface area contributed by atoms with Crippen LogP contribution in [0.1, 0.15) is 67.7 Å². The zero-order valence-corrected chi connectivity index (χ0v) is 20.7. The number of carbonyl (C=O) groups excluding carboxylic acids is 1. The molecule has 9 heteroatoms. The minimum Gasteiger partial charge on any atom is -0.473 e. The molecule has 1 unspecified atom stereocenters. The highest BCUT2D eigenvalue weighted by Crippen LogP contribution is 2.43. The topological polar surface area (TPSA) is 98.1 Å². The van der Waals surface area contributed by atoms with Gasteiger partial charge in [0.1, 0.15) is 6.10 Å². The number of rotatable bonds is 4. The summed E-state index contributed by atoms with van der Waals surface area (Å²) < 4.78 is 8.03. The van der Waals surface area contributed by atoms with E-state index >= 15 is 0 Å². The first-order chi connectivity index (χ1) is 16.7. The molecule has 35 heavy (non-hydrogen) atoms. The lowest BCUT2D eigenvalue weighted by Crippen LogP contribution is -2.65. The van der Waals surface area contributed by atoms with Crippen LogP contribution in [-0.4, -0.2) is 48.1 Å². The van der Waals surface area contributed by atoms with Crippen molar-refractivity contribution in [2.24, 2.45) is 7.05 Å². The highest BCUT2D eigenvalue weighted by molar-refractivity contribution is 6.09. The summed E-state index contributed by atoms with van der Waals surface area (Å²) in [5.74, 6) is 0.883. The maximum atomic E-state index is 13.2. The summed E-state index contributed by atoms with van der Waals surface area (Å²) in [6.07, 6.45) is 9.43. The van der Waals surface area contributed by atoms with Gasteiger partial charge in [0, 0.05) is 60.6 Å². The molecule has 1 saturated heterocycles. The summed E-state index contributed by atoms with van der Waals surface area (Å²) in [6, 6.07) is 5.53. The van der Waals surface area contributed by atoms with Crippen molar-refractivity contribution >= 4 is 11.7 Å². The molecule has 6 rings (SSSR count). The zero-order valence-electron chi connectivity index (χ0n) is 20.7. The fourth-order valence-electron chi connectivity index (χ4n) is 5.99. The van der Waals surface area contributed by atoms with E-state index in [0.29, 0.717) is 23.8 Å². The van der Waals surface area contributed by atoms with E-state index in [9.17, 15) is 4.79 Å². The van der Waals surface area contributed by atoms with Crippen LogP contribution >= 0.6 is 0 Å². The smallest absolute Gasteiger partial charge is 0.261 e. The lowest BCUT2D eigenvalue weighted by molar-refractivity contribution is 0.000704. The Morgan fingerprint density at radius 1 is 1.14 bits per heavy atom. The van der Waals surface area contributed by atoms with Gasteiger partial charge in [-0.15, -0.1) is 10.2 Å². The maximum absolute atomic E-state index is 13.2. The third-order valence-corrected chi connectivity index (χ3v) is 7.54. The molecule has 0 bridgehead atoms. The molecular weight excluding hydrogens is 442 g/mol. The third-order valence-electron chi connectivity index (χ3n) is 7.54. The summed E-state index contributed by atoms with van der Waals surface area (Å²) in [6.45, 7) is 6.80. The molecule has 2 fully saturated rings. The van der Waals surface area contributed by atoms with Crippen molar-refractivity contribution in [2.75, 3.05) is 4.90 Å². The van der Waals surface area contributed by atoms with Gasteiger partial charge in [-0.05, 0) is 52.2 Å². The molecule has 3 aromatic heterocycles. The van der Waals surface area contributed by atoms with Crippen LogP contribution in [0.5, 0.6) is 5.88 Å². The minimum atomic E-state index is -0.120. The standard InChI is InChI=1S/C26H31N7O2/c1-16-20(14-32(4)30-16)17-10-19-21(27-13-17)15-33(24(19)34)22-6-7-23(29-28-22)35-18-11-25(2,3)31-26(12-18)8-5-9-26/h6-7,10,13-14,18,31H,5,8-9,11-12,15H2,1-4H3. The van der Waals surface area contributed by atoms with Crippen LogP contribution in [0.2, 0.25) is 0 Å². The van der Waals surface area contributed by atoms with E-state index in [-0.39, 0.29) is 23.1 Å². The normalized spacial score (nSPS) is 22.2. The summed E-state index contributed by atoms with van der Waals surface area (Å²) in [4.78, 5) is 19.4. The van der Waals surface area contributed by atoms with E-state index in [1.54, 1.807) is 15.8 Å². The van der Waals surface area contributed by atoms with Gasteiger partial charge in [-0.3, -0.25) is 19.4 Å². The molecule has 9 nitrogen and oxygen atoms in total. The number of nitrogens with one attached hydrogen (secondary N) is 1. The second-order valence-corrected chi connectivity index (χ2v) is 10.9. The Hall–Kier alpha value is -3.33. The van der Waals surface area contributed by atoms with Gasteiger partial charge in [0.25, 0.3) is 5.91 Å². The molecule has 3 aromatic rings.